The Morgan fingerprint density at radius 2 is 1.85 bits per heavy atom. The summed E-state index contributed by atoms with van der Waals surface area (Å²) in [5.41, 5.74) is 2.48. The topological polar surface area (TPSA) is 0 Å². The summed E-state index contributed by atoms with van der Waals surface area (Å²) in [7, 11) is 0. The number of rotatable bonds is 4. The number of allylic oxidation sites excluding steroid dienone is 4. The first-order valence-corrected chi connectivity index (χ1v) is 5.17. The van der Waals surface area contributed by atoms with E-state index >= 15 is 0 Å². The van der Waals surface area contributed by atoms with Crippen molar-refractivity contribution in [2.24, 2.45) is 11.8 Å². The summed E-state index contributed by atoms with van der Waals surface area (Å²) >= 11 is 0. The van der Waals surface area contributed by atoms with Gasteiger partial charge >= 0.3 is 0 Å². The van der Waals surface area contributed by atoms with Crippen LogP contribution in [-0.4, -0.2) is 0 Å². The maximum absolute atomic E-state index is 4.08. The lowest BCUT2D eigenvalue weighted by molar-refractivity contribution is 0.375. The van der Waals surface area contributed by atoms with Gasteiger partial charge in [0.1, 0.15) is 0 Å². The molecule has 0 radical (unpaired) electrons. The van der Waals surface area contributed by atoms with Crippen LogP contribution in [0, 0.1) is 11.8 Å². The van der Waals surface area contributed by atoms with Gasteiger partial charge in [0.2, 0.25) is 0 Å². The molecule has 0 heterocycles. The molecule has 1 saturated carbocycles. The van der Waals surface area contributed by atoms with Crippen molar-refractivity contribution in [3.63, 3.8) is 0 Å². The molecule has 0 nitrogen and oxygen atoms in total. The van der Waals surface area contributed by atoms with Crippen LogP contribution < -0.4 is 0 Å². The van der Waals surface area contributed by atoms with Crippen LogP contribution in [0.25, 0.3) is 0 Å². The van der Waals surface area contributed by atoms with Gasteiger partial charge in [0.05, 0.1) is 0 Å². The Bertz CT molecular complexity index is 226. The SMILES string of the molecule is C=C(/C=C\C(=C)C1CCC1)C(C)C. The van der Waals surface area contributed by atoms with Crippen molar-refractivity contribution in [1.82, 2.24) is 0 Å². The van der Waals surface area contributed by atoms with Crippen molar-refractivity contribution in [1.29, 1.82) is 0 Å². The quantitative estimate of drug-likeness (QED) is 0.565. The van der Waals surface area contributed by atoms with E-state index in [1.807, 2.05) is 0 Å². The predicted octanol–water partition coefficient (Wildman–Crippen LogP) is 4.11. The van der Waals surface area contributed by atoms with Crippen LogP contribution in [-0.2, 0) is 0 Å². The highest BCUT2D eigenvalue weighted by Gasteiger charge is 2.18. The average Bonchev–Trinajstić information content (AvgIpc) is 1.96. The second-order valence-corrected chi connectivity index (χ2v) is 4.27. The first kappa shape index (κ1) is 10.3. The van der Waals surface area contributed by atoms with Crippen molar-refractivity contribution >= 4 is 0 Å². The Morgan fingerprint density at radius 3 is 2.23 bits per heavy atom. The lowest BCUT2D eigenvalue weighted by Crippen LogP contribution is -2.11. The first-order chi connectivity index (χ1) is 6.11. The normalized spacial score (nSPS) is 17.8. The smallest absolute Gasteiger partial charge is 0.0168 e. The zero-order valence-electron chi connectivity index (χ0n) is 8.84. The second-order valence-electron chi connectivity index (χ2n) is 4.27. The van der Waals surface area contributed by atoms with E-state index in [1.165, 1.54) is 30.4 Å². The number of hydrogen-bond donors (Lipinski definition) is 0. The molecule has 1 aliphatic carbocycles. The molecular weight excluding hydrogens is 156 g/mol. The second kappa shape index (κ2) is 4.45. The van der Waals surface area contributed by atoms with E-state index in [1.54, 1.807) is 0 Å². The van der Waals surface area contributed by atoms with E-state index in [4.69, 9.17) is 0 Å². The molecule has 0 bridgehead atoms. The molecule has 0 aromatic rings. The highest BCUT2D eigenvalue weighted by molar-refractivity contribution is 5.27. The fraction of sp³-hybridized carbons (Fsp3) is 0.538. The molecule has 0 saturated heterocycles. The van der Waals surface area contributed by atoms with Gasteiger partial charge in [0.25, 0.3) is 0 Å². The maximum atomic E-state index is 4.08. The van der Waals surface area contributed by atoms with E-state index in [2.05, 4.69) is 39.2 Å². The highest BCUT2D eigenvalue weighted by Crippen LogP contribution is 2.32. The van der Waals surface area contributed by atoms with Crippen molar-refractivity contribution < 1.29 is 0 Å². The van der Waals surface area contributed by atoms with Crippen LogP contribution in [0.2, 0.25) is 0 Å². The van der Waals surface area contributed by atoms with Gasteiger partial charge in [0, 0.05) is 0 Å². The Kier molecular flexibility index (Phi) is 3.53. The van der Waals surface area contributed by atoms with E-state index in [0.717, 1.165) is 5.92 Å². The van der Waals surface area contributed by atoms with E-state index in [0.29, 0.717) is 5.92 Å². The van der Waals surface area contributed by atoms with Crippen LogP contribution in [0.15, 0.2) is 36.5 Å². The third kappa shape index (κ3) is 2.87. The molecule has 1 rings (SSSR count). The maximum Gasteiger partial charge on any atom is -0.0168 e. The summed E-state index contributed by atoms with van der Waals surface area (Å²) in [6.07, 6.45) is 8.30. The van der Waals surface area contributed by atoms with Gasteiger partial charge in [-0.2, -0.15) is 0 Å². The summed E-state index contributed by atoms with van der Waals surface area (Å²) < 4.78 is 0. The molecule has 0 aliphatic heterocycles. The van der Waals surface area contributed by atoms with Crippen molar-refractivity contribution in [2.75, 3.05) is 0 Å². The summed E-state index contributed by atoms with van der Waals surface area (Å²) in [5, 5.41) is 0. The molecule has 72 valence electrons. The lowest BCUT2D eigenvalue weighted by atomic mass is 9.80. The molecule has 0 amide bonds. The molecule has 1 aliphatic rings. The van der Waals surface area contributed by atoms with Crippen LogP contribution >= 0.6 is 0 Å². The van der Waals surface area contributed by atoms with Gasteiger partial charge in [-0.05, 0) is 24.7 Å². The van der Waals surface area contributed by atoms with Gasteiger partial charge in [-0.1, -0.05) is 56.7 Å². The van der Waals surface area contributed by atoms with Gasteiger partial charge in [-0.3, -0.25) is 0 Å². The zero-order chi connectivity index (χ0) is 9.84. The molecule has 0 atom stereocenters. The van der Waals surface area contributed by atoms with Crippen molar-refractivity contribution in [3.8, 4) is 0 Å². The minimum absolute atomic E-state index is 0.547. The third-order valence-electron chi connectivity index (χ3n) is 2.88. The minimum Gasteiger partial charge on any atom is -0.0956 e. The van der Waals surface area contributed by atoms with Crippen molar-refractivity contribution in [2.45, 2.75) is 33.1 Å². The minimum atomic E-state index is 0.547. The molecule has 0 unspecified atom stereocenters. The van der Waals surface area contributed by atoms with Crippen molar-refractivity contribution in [3.05, 3.63) is 36.5 Å². The molecule has 0 N–H and O–H groups in total. The summed E-state index contributed by atoms with van der Waals surface area (Å²) in [5.74, 6) is 1.31. The Hall–Kier alpha value is -0.780. The molecule has 1 fully saturated rings. The molecular formula is C13H20. The Labute approximate surface area is 82.0 Å². The lowest BCUT2D eigenvalue weighted by Gasteiger charge is -2.25. The summed E-state index contributed by atoms with van der Waals surface area (Å²) in [6.45, 7) is 12.4. The highest BCUT2D eigenvalue weighted by atomic mass is 14.2. The van der Waals surface area contributed by atoms with Gasteiger partial charge in [0.15, 0.2) is 0 Å². The van der Waals surface area contributed by atoms with Gasteiger partial charge < -0.3 is 0 Å². The van der Waals surface area contributed by atoms with Crippen LogP contribution in [0.5, 0.6) is 0 Å². The molecule has 0 aromatic carbocycles. The van der Waals surface area contributed by atoms with Crippen LogP contribution in [0.1, 0.15) is 33.1 Å². The first-order valence-electron chi connectivity index (χ1n) is 5.17. The monoisotopic (exact) mass is 176 g/mol. The summed E-state index contributed by atoms with van der Waals surface area (Å²) in [4.78, 5) is 0. The molecule has 0 spiro atoms. The summed E-state index contributed by atoms with van der Waals surface area (Å²) in [6, 6.07) is 0. The average molecular weight is 176 g/mol. The van der Waals surface area contributed by atoms with E-state index in [9.17, 15) is 0 Å². The predicted molar refractivity (Wildman–Crippen MR) is 59.6 cm³/mol. The third-order valence-corrected chi connectivity index (χ3v) is 2.88. The largest absolute Gasteiger partial charge is 0.0956 e. The fourth-order valence-corrected chi connectivity index (χ4v) is 1.32. The molecule has 0 heteroatoms. The van der Waals surface area contributed by atoms with E-state index < -0.39 is 0 Å². The molecule has 13 heavy (non-hydrogen) atoms. The Morgan fingerprint density at radius 1 is 1.23 bits per heavy atom. The Balaban J connectivity index is 2.38. The molecule has 0 aromatic heterocycles. The number of hydrogen-bond acceptors (Lipinski definition) is 0. The van der Waals surface area contributed by atoms with Gasteiger partial charge in [-0.25, -0.2) is 0 Å². The van der Waals surface area contributed by atoms with Gasteiger partial charge in [-0.15, -0.1) is 0 Å². The standard InChI is InChI=1S/C13H20/c1-10(2)11(3)8-9-12(4)13-6-5-7-13/h8-10,13H,3-7H2,1-2H3/b9-8-. The fourth-order valence-electron chi connectivity index (χ4n) is 1.32. The van der Waals surface area contributed by atoms with Crippen LogP contribution in [0.4, 0.5) is 0 Å². The van der Waals surface area contributed by atoms with E-state index in [-0.39, 0.29) is 0 Å². The van der Waals surface area contributed by atoms with Crippen LogP contribution in [0.3, 0.4) is 0 Å². The zero-order valence-corrected chi connectivity index (χ0v) is 8.84.